The van der Waals surface area contributed by atoms with Gasteiger partial charge in [0.05, 0.1) is 6.04 Å². The summed E-state index contributed by atoms with van der Waals surface area (Å²) >= 11 is 0. The van der Waals surface area contributed by atoms with Crippen LogP contribution in [0.5, 0.6) is 0 Å². The normalized spacial score (nSPS) is 17.5. The van der Waals surface area contributed by atoms with Gasteiger partial charge in [-0.25, -0.2) is 9.59 Å². The lowest BCUT2D eigenvalue weighted by molar-refractivity contribution is -0.121. The molecule has 0 bridgehead atoms. The highest BCUT2D eigenvalue weighted by atomic mass is 16.6. The molecule has 1 aliphatic rings. The van der Waals surface area contributed by atoms with Gasteiger partial charge in [-0.2, -0.15) is 0 Å². The lowest BCUT2D eigenvalue weighted by Gasteiger charge is -2.24. The molecular formula is C14H25N3O5. The van der Waals surface area contributed by atoms with Crippen molar-refractivity contribution in [2.24, 2.45) is 0 Å². The fourth-order valence-corrected chi connectivity index (χ4v) is 1.77. The van der Waals surface area contributed by atoms with E-state index in [0.29, 0.717) is 25.9 Å². The van der Waals surface area contributed by atoms with Crippen LogP contribution in [-0.4, -0.2) is 61.4 Å². The van der Waals surface area contributed by atoms with Crippen LogP contribution in [0.2, 0.25) is 0 Å². The molecule has 0 aromatic rings. The molecule has 2 N–H and O–H groups in total. The number of rotatable bonds is 6. The van der Waals surface area contributed by atoms with Crippen molar-refractivity contribution in [3.63, 3.8) is 0 Å². The van der Waals surface area contributed by atoms with Crippen LogP contribution in [0.15, 0.2) is 0 Å². The maximum Gasteiger partial charge on any atom is 0.410 e. The van der Waals surface area contributed by atoms with Gasteiger partial charge in [0.1, 0.15) is 12.2 Å². The third kappa shape index (κ3) is 7.14. The molecule has 0 aliphatic carbocycles. The Morgan fingerprint density at radius 1 is 1.45 bits per heavy atom. The minimum atomic E-state index is -0.531. The number of cyclic esters (lactones) is 1. The maximum atomic E-state index is 11.7. The van der Waals surface area contributed by atoms with Crippen LogP contribution in [0.1, 0.15) is 33.6 Å². The van der Waals surface area contributed by atoms with Crippen molar-refractivity contribution in [3.05, 3.63) is 0 Å². The van der Waals surface area contributed by atoms with Crippen molar-refractivity contribution in [2.75, 3.05) is 26.7 Å². The first kappa shape index (κ1) is 18.1. The van der Waals surface area contributed by atoms with Crippen LogP contribution in [0.25, 0.3) is 0 Å². The Morgan fingerprint density at radius 3 is 2.68 bits per heavy atom. The second kappa shape index (κ2) is 7.86. The van der Waals surface area contributed by atoms with Gasteiger partial charge in [-0.1, -0.05) is 0 Å². The lowest BCUT2D eigenvalue weighted by Crippen LogP contribution is -2.39. The number of alkyl carbamates (subject to hydrolysis) is 1. The van der Waals surface area contributed by atoms with Gasteiger partial charge in [-0.3, -0.25) is 4.79 Å². The van der Waals surface area contributed by atoms with Crippen LogP contribution in [0.3, 0.4) is 0 Å². The first-order valence-electron chi connectivity index (χ1n) is 7.31. The fourth-order valence-electron chi connectivity index (χ4n) is 1.77. The summed E-state index contributed by atoms with van der Waals surface area (Å²) in [7, 11) is 1.64. The molecule has 0 unspecified atom stereocenters. The zero-order valence-electron chi connectivity index (χ0n) is 13.6. The minimum absolute atomic E-state index is 0.126. The molecule has 1 fully saturated rings. The van der Waals surface area contributed by atoms with E-state index >= 15 is 0 Å². The molecule has 1 rings (SSSR count). The number of hydrogen-bond acceptors (Lipinski definition) is 5. The molecule has 8 nitrogen and oxygen atoms in total. The summed E-state index contributed by atoms with van der Waals surface area (Å²) < 4.78 is 9.93. The average molecular weight is 315 g/mol. The molecule has 1 atom stereocenters. The number of ether oxygens (including phenoxy) is 2. The molecule has 0 aromatic heterocycles. The molecule has 8 heteroatoms. The van der Waals surface area contributed by atoms with Gasteiger partial charge in [-0.05, 0) is 27.2 Å². The van der Waals surface area contributed by atoms with E-state index in [4.69, 9.17) is 9.47 Å². The number of nitrogens with zero attached hydrogens (tertiary/aromatic N) is 1. The van der Waals surface area contributed by atoms with Crippen molar-refractivity contribution in [2.45, 2.75) is 45.3 Å². The highest BCUT2D eigenvalue weighted by Gasteiger charge is 2.22. The van der Waals surface area contributed by atoms with E-state index in [9.17, 15) is 14.4 Å². The first-order valence-corrected chi connectivity index (χ1v) is 7.31. The van der Waals surface area contributed by atoms with Crippen molar-refractivity contribution in [1.82, 2.24) is 15.5 Å². The summed E-state index contributed by atoms with van der Waals surface area (Å²) in [5.41, 5.74) is -0.531. The summed E-state index contributed by atoms with van der Waals surface area (Å²) in [6.45, 7) is 6.45. The molecule has 3 amide bonds. The van der Waals surface area contributed by atoms with Crippen molar-refractivity contribution in [1.29, 1.82) is 0 Å². The number of hydrogen-bond donors (Lipinski definition) is 2. The Balaban J connectivity index is 2.13. The standard InChI is InChI=1S/C14H25N3O5/c1-14(2,3)22-13(20)17(4)7-5-6-11(18)15-8-10-9-21-12(19)16-10/h10H,5-9H2,1-4H3,(H,15,18)(H,16,19)/t10-/m0/s1. The lowest BCUT2D eigenvalue weighted by atomic mass is 10.2. The van der Waals surface area contributed by atoms with E-state index in [1.165, 1.54) is 4.90 Å². The Morgan fingerprint density at radius 2 is 2.14 bits per heavy atom. The summed E-state index contributed by atoms with van der Waals surface area (Å²) in [4.78, 5) is 35.6. The molecular weight excluding hydrogens is 290 g/mol. The molecule has 0 spiro atoms. The molecule has 0 saturated carbocycles. The summed E-state index contributed by atoms with van der Waals surface area (Å²) in [6, 6.07) is -0.180. The Labute approximate surface area is 130 Å². The Bertz CT molecular complexity index is 419. The van der Waals surface area contributed by atoms with Crippen molar-refractivity contribution >= 4 is 18.1 Å². The molecule has 1 aliphatic heterocycles. The van der Waals surface area contributed by atoms with Gasteiger partial charge in [0.2, 0.25) is 5.91 Å². The summed E-state index contributed by atoms with van der Waals surface area (Å²) in [5.74, 6) is -0.126. The van der Waals surface area contributed by atoms with Crippen LogP contribution in [0, 0.1) is 0 Å². The number of amides is 3. The smallest absolute Gasteiger partial charge is 0.410 e. The molecule has 22 heavy (non-hydrogen) atoms. The van der Waals surface area contributed by atoms with Crippen LogP contribution in [-0.2, 0) is 14.3 Å². The molecule has 0 aromatic carbocycles. The third-order valence-corrected chi connectivity index (χ3v) is 2.89. The summed E-state index contributed by atoms with van der Waals surface area (Å²) in [5, 5.41) is 5.29. The zero-order valence-corrected chi connectivity index (χ0v) is 13.6. The fraction of sp³-hybridized carbons (Fsp3) is 0.786. The maximum absolute atomic E-state index is 11.7. The van der Waals surface area contributed by atoms with E-state index in [1.54, 1.807) is 27.8 Å². The highest BCUT2D eigenvalue weighted by molar-refractivity contribution is 5.76. The molecule has 1 heterocycles. The van der Waals surface area contributed by atoms with Crippen LogP contribution in [0.4, 0.5) is 9.59 Å². The topological polar surface area (TPSA) is 97.0 Å². The quantitative estimate of drug-likeness (QED) is 0.757. The highest BCUT2D eigenvalue weighted by Crippen LogP contribution is 2.09. The van der Waals surface area contributed by atoms with Gasteiger partial charge in [-0.15, -0.1) is 0 Å². The van der Waals surface area contributed by atoms with Gasteiger partial charge in [0.15, 0.2) is 0 Å². The van der Waals surface area contributed by atoms with Crippen molar-refractivity contribution < 1.29 is 23.9 Å². The number of carbonyl (C=O) groups is 3. The predicted molar refractivity (Wildman–Crippen MR) is 79.4 cm³/mol. The number of carbonyl (C=O) groups excluding carboxylic acids is 3. The molecule has 126 valence electrons. The average Bonchev–Trinajstić information content (AvgIpc) is 2.80. The first-order chi connectivity index (χ1) is 10.2. The second-order valence-electron chi connectivity index (χ2n) is 6.25. The van der Waals surface area contributed by atoms with E-state index < -0.39 is 17.8 Å². The van der Waals surface area contributed by atoms with Gasteiger partial charge < -0.3 is 25.0 Å². The third-order valence-electron chi connectivity index (χ3n) is 2.89. The van der Waals surface area contributed by atoms with Gasteiger partial charge in [0, 0.05) is 26.6 Å². The zero-order chi connectivity index (χ0) is 16.8. The summed E-state index contributed by atoms with van der Waals surface area (Å²) in [6.07, 6.45) is -0.0269. The van der Waals surface area contributed by atoms with Gasteiger partial charge >= 0.3 is 12.2 Å². The molecule has 0 radical (unpaired) electrons. The largest absolute Gasteiger partial charge is 0.447 e. The second-order valence-corrected chi connectivity index (χ2v) is 6.25. The van der Waals surface area contributed by atoms with E-state index in [2.05, 4.69) is 10.6 Å². The van der Waals surface area contributed by atoms with E-state index in [-0.39, 0.29) is 18.6 Å². The minimum Gasteiger partial charge on any atom is -0.447 e. The van der Waals surface area contributed by atoms with Crippen LogP contribution < -0.4 is 10.6 Å². The van der Waals surface area contributed by atoms with E-state index in [1.807, 2.05) is 0 Å². The predicted octanol–water partition coefficient (Wildman–Crippen LogP) is 0.858. The van der Waals surface area contributed by atoms with Crippen LogP contribution >= 0.6 is 0 Å². The Hall–Kier alpha value is -1.99. The molecule has 1 saturated heterocycles. The van der Waals surface area contributed by atoms with Gasteiger partial charge in [0.25, 0.3) is 0 Å². The van der Waals surface area contributed by atoms with E-state index in [0.717, 1.165) is 0 Å². The monoisotopic (exact) mass is 315 g/mol. The van der Waals surface area contributed by atoms with Crippen molar-refractivity contribution in [3.8, 4) is 0 Å². The Kier molecular flexibility index (Phi) is 6.45. The SMILES string of the molecule is CN(CCCC(=O)NC[C@H]1COC(=O)N1)C(=O)OC(C)(C)C. The number of nitrogens with one attached hydrogen (secondary N) is 2.